The average Bonchev–Trinajstić information content (AvgIpc) is 3.24. The highest BCUT2D eigenvalue weighted by molar-refractivity contribution is 5.52. The van der Waals surface area contributed by atoms with Crippen molar-refractivity contribution in [3.05, 3.63) is 66.8 Å². The fourth-order valence-electron chi connectivity index (χ4n) is 4.41. The van der Waals surface area contributed by atoms with Gasteiger partial charge in [0.15, 0.2) is 0 Å². The van der Waals surface area contributed by atoms with Crippen LogP contribution in [-0.2, 0) is 11.3 Å². The molecule has 3 aromatic rings. The first kappa shape index (κ1) is 18.3. The Balaban J connectivity index is 1.21. The lowest BCUT2D eigenvalue weighted by Crippen LogP contribution is -2.56. The van der Waals surface area contributed by atoms with Gasteiger partial charge in [-0.25, -0.2) is 4.98 Å². The maximum absolute atomic E-state index is 6.31. The smallest absolute Gasteiger partial charge is 0.226 e. The number of oxazole rings is 1. The topological polar surface area (TPSA) is 54.6 Å². The molecule has 2 fully saturated rings. The van der Waals surface area contributed by atoms with E-state index in [0.29, 0.717) is 5.89 Å². The Morgan fingerprint density at radius 2 is 1.76 bits per heavy atom. The number of benzene rings is 1. The van der Waals surface area contributed by atoms with Gasteiger partial charge in [0.25, 0.3) is 0 Å². The van der Waals surface area contributed by atoms with Crippen LogP contribution in [0, 0.1) is 0 Å². The van der Waals surface area contributed by atoms with Gasteiger partial charge in [0, 0.05) is 56.4 Å². The van der Waals surface area contributed by atoms with Crippen molar-refractivity contribution in [2.45, 2.75) is 25.0 Å². The van der Waals surface area contributed by atoms with E-state index in [1.807, 2.05) is 42.7 Å². The molecule has 5 rings (SSSR count). The lowest BCUT2D eigenvalue weighted by Gasteiger charge is -2.47. The second-order valence-corrected chi connectivity index (χ2v) is 7.94. The number of hydrogen-bond acceptors (Lipinski definition) is 6. The molecule has 2 aliphatic heterocycles. The molecule has 1 spiro atoms. The Morgan fingerprint density at radius 1 is 0.966 bits per heavy atom. The van der Waals surface area contributed by atoms with Gasteiger partial charge in [0.1, 0.15) is 6.26 Å². The lowest BCUT2D eigenvalue weighted by molar-refractivity contribution is -0.123. The van der Waals surface area contributed by atoms with E-state index >= 15 is 0 Å². The number of anilines is 1. The fourth-order valence-corrected chi connectivity index (χ4v) is 4.41. The van der Waals surface area contributed by atoms with E-state index in [1.165, 1.54) is 5.69 Å². The van der Waals surface area contributed by atoms with Crippen molar-refractivity contribution in [1.82, 2.24) is 14.9 Å². The van der Waals surface area contributed by atoms with Gasteiger partial charge in [-0.05, 0) is 37.1 Å². The van der Waals surface area contributed by atoms with E-state index in [2.05, 4.69) is 26.9 Å². The molecular formula is C23H26N4O2. The van der Waals surface area contributed by atoms with Crippen LogP contribution in [0.25, 0.3) is 11.5 Å². The van der Waals surface area contributed by atoms with Gasteiger partial charge in [0.2, 0.25) is 5.89 Å². The van der Waals surface area contributed by atoms with E-state index in [1.54, 1.807) is 6.26 Å². The van der Waals surface area contributed by atoms with Crippen LogP contribution in [0.5, 0.6) is 0 Å². The molecular weight excluding hydrogens is 364 g/mol. The van der Waals surface area contributed by atoms with Crippen molar-refractivity contribution >= 4 is 5.69 Å². The zero-order valence-electron chi connectivity index (χ0n) is 16.5. The molecule has 0 bridgehead atoms. The predicted molar refractivity (Wildman–Crippen MR) is 112 cm³/mol. The molecule has 1 aromatic carbocycles. The van der Waals surface area contributed by atoms with Crippen LogP contribution in [0.4, 0.5) is 5.69 Å². The fraction of sp³-hybridized carbons (Fsp3) is 0.391. The molecule has 4 heterocycles. The molecule has 0 saturated carbocycles. The number of hydrogen-bond donors (Lipinski definition) is 0. The molecule has 0 unspecified atom stereocenters. The van der Waals surface area contributed by atoms with Crippen LogP contribution >= 0.6 is 0 Å². The Hall–Kier alpha value is -2.70. The maximum atomic E-state index is 6.31. The first-order chi connectivity index (χ1) is 14.3. The first-order valence-corrected chi connectivity index (χ1v) is 10.3. The van der Waals surface area contributed by atoms with Crippen molar-refractivity contribution in [3.8, 4) is 11.5 Å². The van der Waals surface area contributed by atoms with Crippen LogP contribution in [0.15, 0.2) is 65.5 Å². The van der Waals surface area contributed by atoms with Gasteiger partial charge in [-0.15, -0.1) is 0 Å². The van der Waals surface area contributed by atoms with E-state index in [9.17, 15) is 0 Å². The average molecular weight is 390 g/mol. The maximum Gasteiger partial charge on any atom is 0.226 e. The number of rotatable bonds is 4. The molecule has 2 aliphatic rings. The third-order valence-corrected chi connectivity index (χ3v) is 5.99. The molecule has 0 atom stereocenters. The monoisotopic (exact) mass is 390 g/mol. The van der Waals surface area contributed by atoms with E-state index in [0.717, 1.165) is 63.4 Å². The van der Waals surface area contributed by atoms with E-state index < -0.39 is 0 Å². The summed E-state index contributed by atoms with van der Waals surface area (Å²) in [6, 6.07) is 14.2. The minimum atomic E-state index is -0.0478. The molecule has 0 radical (unpaired) electrons. The number of nitrogens with zero attached hydrogens (tertiary/aromatic N) is 4. The Bertz CT molecular complexity index is 920. The molecule has 6 nitrogen and oxygen atoms in total. The van der Waals surface area contributed by atoms with Crippen molar-refractivity contribution < 1.29 is 9.15 Å². The molecule has 0 aliphatic carbocycles. The second kappa shape index (κ2) is 7.97. The molecule has 6 heteroatoms. The summed E-state index contributed by atoms with van der Waals surface area (Å²) in [4.78, 5) is 13.7. The third-order valence-electron chi connectivity index (χ3n) is 5.99. The standard InChI is InChI=1S/C23H26N4O2/c1-2-4-19(5-3-1)22-25-20(17-28-22)16-26-14-15-29-23(18-26)8-12-27(13-9-23)21-6-10-24-11-7-21/h1-7,10-11,17H,8-9,12-16,18H2. The van der Waals surface area contributed by atoms with Crippen LogP contribution in [0.3, 0.4) is 0 Å². The minimum absolute atomic E-state index is 0.0478. The summed E-state index contributed by atoms with van der Waals surface area (Å²) >= 11 is 0. The SMILES string of the molecule is c1ccc(-c2nc(CN3CCOC4(CCN(c5ccncc5)CC4)C3)co2)cc1. The third kappa shape index (κ3) is 4.04. The van der Waals surface area contributed by atoms with Crippen LogP contribution in [0.1, 0.15) is 18.5 Å². The van der Waals surface area contributed by atoms with Crippen molar-refractivity contribution in [2.75, 3.05) is 37.7 Å². The van der Waals surface area contributed by atoms with E-state index in [4.69, 9.17) is 14.1 Å². The normalized spacial score (nSPS) is 19.5. The zero-order chi connectivity index (χ0) is 19.5. The van der Waals surface area contributed by atoms with Crippen LogP contribution in [0.2, 0.25) is 0 Å². The first-order valence-electron chi connectivity index (χ1n) is 10.3. The minimum Gasteiger partial charge on any atom is -0.444 e. The number of ether oxygens (including phenoxy) is 1. The van der Waals surface area contributed by atoms with E-state index in [-0.39, 0.29) is 5.60 Å². The molecule has 0 amide bonds. The van der Waals surface area contributed by atoms with Crippen molar-refractivity contribution in [3.63, 3.8) is 0 Å². The number of piperidine rings is 1. The van der Waals surface area contributed by atoms with Crippen molar-refractivity contribution in [1.29, 1.82) is 0 Å². The van der Waals surface area contributed by atoms with Crippen LogP contribution in [-0.4, -0.2) is 53.3 Å². The lowest BCUT2D eigenvalue weighted by atomic mass is 9.89. The highest BCUT2D eigenvalue weighted by Gasteiger charge is 2.39. The van der Waals surface area contributed by atoms with Gasteiger partial charge in [0.05, 0.1) is 17.9 Å². The van der Waals surface area contributed by atoms with Gasteiger partial charge in [-0.3, -0.25) is 9.88 Å². The highest BCUT2D eigenvalue weighted by atomic mass is 16.5. The summed E-state index contributed by atoms with van der Waals surface area (Å²) in [6.45, 7) is 5.49. The number of pyridine rings is 1. The number of aromatic nitrogens is 2. The summed E-state index contributed by atoms with van der Waals surface area (Å²) in [6.07, 6.45) is 7.59. The van der Waals surface area contributed by atoms with Gasteiger partial charge in [-0.1, -0.05) is 18.2 Å². The Kier molecular flexibility index (Phi) is 5.04. The quantitative estimate of drug-likeness (QED) is 0.678. The largest absolute Gasteiger partial charge is 0.444 e. The molecule has 29 heavy (non-hydrogen) atoms. The van der Waals surface area contributed by atoms with Gasteiger partial charge in [-0.2, -0.15) is 0 Å². The van der Waals surface area contributed by atoms with Crippen LogP contribution < -0.4 is 4.90 Å². The molecule has 2 aromatic heterocycles. The van der Waals surface area contributed by atoms with Crippen molar-refractivity contribution in [2.24, 2.45) is 0 Å². The molecule has 2 saturated heterocycles. The summed E-state index contributed by atoms with van der Waals surface area (Å²) in [7, 11) is 0. The Labute approximate surface area is 171 Å². The summed E-state index contributed by atoms with van der Waals surface area (Å²) < 4.78 is 12.0. The predicted octanol–water partition coefficient (Wildman–Crippen LogP) is 3.61. The summed E-state index contributed by atoms with van der Waals surface area (Å²) in [5.41, 5.74) is 3.20. The summed E-state index contributed by atoms with van der Waals surface area (Å²) in [5, 5.41) is 0. The van der Waals surface area contributed by atoms with Gasteiger partial charge < -0.3 is 14.1 Å². The Morgan fingerprint density at radius 3 is 2.55 bits per heavy atom. The highest BCUT2D eigenvalue weighted by Crippen LogP contribution is 2.32. The summed E-state index contributed by atoms with van der Waals surface area (Å²) in [5.74, 6) is 0.689. The number of morpholine rings is 1. The zero-order valence-corrected chi connectivity index (χ0v) is 16.5. The second-order valence-electron chi connectivity index (χ2n) is 7.94. The van der Waals surface area contributed by atoms with Gasteiger partial charge >= 0.3 is 0 Å². The molecule has 0 N–H and O–H groups in total. The molecule has 150 valence electrons.